The number of methoxy groups -OCH3 is 1. The number of alkyl halides is 1. The summed E-state index contributed by atoms with van der Waals surface area (Å²) in [4.78, 5) is 9.58. The molecule has 0 aliphatic heterocycles. The van der Waals surface area contributed by atoms with Crippen molar-refractivity contribution in [1.29, 1.82) is 0 Å². The molecule has 0 radical (unpaired) electrons. The Bertz CT molecular complexity index is 185. The summed E-state index contributed by atoms with van der Waals surface area (Å²) in [6.45, 7) is -1.03. The number of carbonyl (C=O) groups excluding carboxylic acids is 1. The summed E-state index contributed by atoms with van der Waals surface area (Å²) in [6.07, 6.45) is 0. The SMILES string of the molecule is COC(=O)CF.O=S(=O)(F)F. The minimum absolute atomic E-state index is 0.824. The van der Waals surface area contributed by atoms with E-state index in [0.29, 0.717) is 0 Å². The summed E-state index contributed by atoms with van der Waals surface area (Å²) in [5, 5.41) is 0. The van der Waals surface area contributed by atoms with Gasteiger partial charge in [-0.1, -0.05) is 7.77 Å². The van der Waals surface area contributed by atoms with Crippen molar-refractivity contribution in [3.05, 3.63) is 0 Å². The van der Waals surface area contributed by atoms with E-state index in [1.54, 1.807) is 0 Å². The Kier molecular flexibility index (Phi) is 6.96. The highest BCUT2D eigenvalue weighted by Gasteiger charge is 1.94. The molecule has 0 spiro atoms. The molecule has 4 nitrogen and oxygen atoms in total. The quantitative estimate of drug-likeness (QED) is 0.445. The number of ether oxygens (including phenoxy) is 1. The monoisotopic (exact) mass is 194 g/mol. The topological polar surface area (TPSA) is 60.4 Å². The summed E-state index contributed by atoms with van der Waals surface area (Å²) < 4.78 is 51.4. The second kappa shape index (κ2) is 5.96. The average molecular weight is 194 g/mol. The van der Waals surface area contributed by atoms with Crippen molar-refractivity contribution in [3.8, 4) is 0 Å². The maximum Gasteiger partial charge on any atom is 0.476 e. The van der Waals surface area contributed by atoms with Crippen LogP contribution >= 0.6 is 0 Å². The largest absolute Gasteiger partial charge is 0.476 e. The molecule has 0 saturated carbocycles. The van der Waals surface area contributed by atoms with Gasteiger partial charge in [0.25, 0.3) is 0 Å². The van der Waals surface area contributed by atoms with Crippen LogP contribution in [0.2, 0.25) is 0 Å². The minimum Gasteiger partial charge on any atom is -0.467 e. The zero-order valence-electron chi connectivity index (χ0n) is 5.38. The second-order valence-electron chi connectivity index (χ2n) is 1.09. The lowest BCUT2D eigenvalue weighted by Crippen LogP contribution is -2.00. The Morgan fingerprint density at radius 3 is 1.73 bits per heavy atom. The summed E-state index contributed by atoms with van der Waals surface area (Å²) in [7, 11) is -4.53. The fourth-order valence-corrected chi connectivity index (χ4v) is 0.0546. The van der Waals surface area contributed by atoms with Crippen molar-refractivity contribution in [2.24, 2.45) is 0 Å². The van der Waals surface area contributed by atoms with Gasteiger partial charge in [0, 0.05) is 0 Å². The number of esters is 1. The van der Waals surface area contributed by atoms with Crippen LogP contribution in [0.1, 0.15) is 0 Å². The van der Waals surface area contributed by atoms with Crippen LogP contribution in [0, 0.1) is 0 Å². The highest BCUT2D eigenvalue weighted by atomic mass is 32.3. The van der Waals surface area contributed by atoms with Gasteiger partial charge in [-0.05, 0) is 0 Å². The van der Waals surface area contributed by atoms with Gasteiger partial charge in [-0.2, -0.15) is 8.42 Å². The molecule has 0 heterocycles. The van der Waals surface area contributed by atoms with E-state index in [4.69, 9.17) is 8.42 Å². The van der Waals surface area contributed by atoms with Crippen molar-refractivity contribution >= 4 is 16.6 Å². The molecule has 0 aliphatic carbocycles. The van der Waals surface area contributed by atoms with Crippen molar-refractivity contribution in [3.63, 3.8) is 0 Å². The molecule has 0 aromatic heterocycles. The first-order valence-corrected chi connectivity index (χ1v) is 3.36. The number of hydrogen-bond donors (Lipinski definition) is 0. The van der Waals surface area contributed by atoms with E-state index >= 15 is 0 Å². The molecular formula is C3H5F3O4S. The first-order valence-electron chi connectivity index (χ1n) is 2.08. The molecule has 0 atom stereocenters. The lowest BCUT2D eigenvalue weighted by molar-refractivity contribution is -0.141. The van der Waals surface area contributed by atoms with E-state index in [1.165, 1.54) is 0 Å². The Balaban J connectivity index is 0. The Labute approximate surface area is 61.5 Å². The highest BCUT2D eigenvalue weighted by Crippen LogP contribution is 1.85. The molecule has 0 bridgehead atoms. The maximum atomic E-state index is 10.9. The van der Waals surface area contributed by atoms with Gasteiger partial charge < -0.3 is 4.74 Å². The van der Waals surface area contributed by atoms with Crippen LogP contribution in [-0.4, -0.2) is 28.2 Å². The van der Waals surface area contributed by atoms with Crippen LogP contribution in [0.4, 0.5) is 12.2 Å². The first kappa shape index (κ1) is 12.8. The molecule has 8 heteroatoms. The minimum atomic E-state index is -5.67. The van der Waals surface area contributed by atoms with Gasteiger partial charge in [0.2, 0.25) is 0 Å². The standard InChI is InChI=1S/C3H5FO2.F2O2S/c1-6-3(5)2-4;1-5(2,3)4/h2H2,1H3;. The zero-order valence-corrected chi connectivity index (χ0v) is 6.20. The molecule has 0 N–H and O–H groups in total. The van der Waals surface area contributed by atoms with Gasteiger partial charge in [0.15, 0.2) is 6.67 Å². The fraction of sp³-hybridized carbons (Fsp3) is 0.667. The van der Waals surface area contributed by atoms with Gasteiger partial charge in [0.1, 0.15) is 0 Å². The van der Waals surface area contributed by atoms with Gasteiger partial charge in [-0.25, -0.2) is 9.18 Å². The molecular weight excluding hydrogens is 189 g/mol. The van der Waals surface area contributed by atoms with E-state index in [2.05, 4.69) is 4.74 Å². The predicted octanol–water partition coefficient (Wildman–Crippen LogP) is 0.299. The van der Waals surface area contributed by atoms with Crippen molar-refractivity contribution < 1.29 is 30.1 Å². The lowest BCUT2D eigenvalue weighted by Gasteiger charge is -1.85. The smallest absolute Gasteiger partial charge is 0.467 e. The Hall–Kier alpha value is -0.790. The summed E-state index contributed by atoms with van der Waals surface area (Å²) in [5.41, 5.74) is 0. The van der Waals surface area contributed by atoms with E-state index < -0.39 is 23.3 Å². The molecule has 0 aromatic rings. The molecule has 0 amide bonds. The van der Waals surface area contributed by atoms with Crippen molar-refractivity contribution in [2.45, 2.75) is 0 Å². The number of carbonyl (C=O) groups is 1. The third kappa shape index (κ3) is 46.5. The molecule has 11 heavy (non-hydrogen) atoms. The van der Waals surface area contributed by atoms with E-state index in [9.17, 15) is 17.0 Å². The molecule has 0 rings (SSSR count). The van der Waals surface area contributed by atoms with Crippen LogP contribution in [0.5, 0.6) is 0 Å². The van der Waals surface area contributed by atoms with Crippen molar-refractivity contribution in [2.75, 3.05) is 13.8 Å². The number of rotatable bonds is 1. The third-order valence-electron chi connectivity index (χ3n) is 0.337. The van der Waals surface area contributed by atoms with Crippen LogP contribution < -0.4 is 0 Å². The van der Waals surface area contributed by atoms with Crippen LogP contribution in [0.3, 0.4) is 0 Å². The van der Waals surface area contributed by atoms with Crippen molar-refractivity contribution in [1.82, 2.24) is 0 Å². The van der Waals surface area contributed by atoms with Crippen LogP contribution in [-0.2, 0) is 20.1 Å². The fourth-order valence-electron chi connectivity index (χ4n) is 0.0546. The third-order valence-corrected chi connectivity index (χ3v) is 0.337. The molecule has 0 saturated heterocycles. The van der Waals surface area contributed by atoms with E-state index in [-0.39, 0.29) is 0 Å². The first-order chi connectivity index (χ1) is 4.81. The molecule has 0 aromatic carbocycles. The lowest BCUT2D eigenvalue weighted by atomic mass is 10.8. The van der Waals surface area contributed by atoms with Crippen LogP contribution in [0.25, 0.3) is 0 Å². The summed E-state index contributed by atoms with van der Waals surface area (Å²) in [6, 6.07) is 0. The number of hydrogen-bond acceptors (Lipinski definition) is 4. The predicted molar refractivity (Wildman–Crippen MR) is 29.1 cm³/mol. The normalized spacial score (nSPS) is 9.45. The zero-order chi connectivity index (χ0) is 9.49. The molecule has 0 fully saturated rings. The summed E-state index contributed by atoms with van der Waals surface area (Å²) in [5.74, 6) is -0.824. The second-order valence-corrected chi connectivity index (χ2v) is 1.84. The van der Waals surface area contributed by atoms with E-state index in [1.807, 2.05) is 0 Å². The maximum absolute atomic E-state index is 10.9. The Morgan fingerprint density at radius 2 is 1.73 bits per heavy atom. The van der Waals surface area contributed by atoms with Gasteiger partial charge in [-0.3, -0.25) is 0 Å². The number of halogens is 3. The van der Waals surface area contributed by atoms with Gasteiger partial charge in [-0.15, -0.1) is 0 Å². The average Bonchev–Trinajstić information content (AvgIpc) is 1.83. The van der Waals surface area contributed by atoms with Crippen LogP contribution in [0.15, 0.2) is 0 Å². The van der Waals surface area contributed by atoms with Gasteiger partial charge in [0.05, 0.1) is 7.11 Å². The summed E-state index contributed by atoms with van der Waals surface area (Å²) >= 11 is 0. The molecule has 0 aliphatic rings. The molecule has 0 unspecified atom stereocenters. The van der Waals surface area contributed by atoms with E-state index in [0.717, 1.165) is 7.11 Å². The van der Waals surface area contributed by atoms with Gasteiger partial charge >= 0.3 is 16.6 Å². The molecule has 68 valence electrons. The highest BCUT2D eigenvalue weighted by molar-refractivity contribution is 7.81. The Morgan fingerprint density at radius 1 is 1.45 bits per heavy atom.